The fraction of sp³-hybridized carbons (Fsp3) is 0.368. The summed E-state index contributed by atoms with van der Waals surface area (Å²) < 4.78 is 10.8. The van der Waals surface area contributed by atoms with E-state index >= 15 is 0 Å². The lowest BCUT2D eigenvalue weighted by Crippen LogP contribution is -2.34. The number of pyridine rings is 1. The summed E-state index contributed by atoms with van der Waals surface area (Å²) in [5.41, 5.74) is 1.95. The molecule has 0 saturated carbocycles. The molecule has 6 nitrogen and oxygen atoms in total. The third kappa shape index (κ3) is 5.76. The molecule has 0 aliphatic rings. The number of amides is 1. The van der Waals surface area contributed by atoms with E-state index in [4.69, 9.17) is 9.47 Å². The largest absolute Gasteiger partial charge is 0.497 e. The fourth-order valence-corrected chi connectivity index (χ4v) is 2.21. The zero-order valence-electron chi connectivity index (χ0n) is 15.2. The van der Waals surface area contributed by atoms with Gasteiger partial charge in [0.05, 0.1) is 13.7 Å². The SMILES string of the molecule is COc1cccc(CO[C@H](C)C(=O)NCc2ccnc(N(C)C)c2)c1. The van der Waals surface area contributed by atoms with Gasteiger partial charge in [-0.25, -0.2) is 4.98 Å². The van der Waals surface area contributed by atoms with Gasteiger partial charge in [0.1, 0.15) is 17.7 Å². The van der Waals surface area contributed by atoms with Crippen LogP contribution in [-0.2, 0) is 22.7 Å². The number of benzene rings is 1. The highest BCUT2D eigenvalue weighted by Crippen LogP contribution is 2.14. The Hall–Kier alpha value is -2.60. The van der Waals surface area contributed by atoms with Crippen LogP contribution >= 0.6 is 0 Å². The van der Waals surface area contributed by atoms with E-state index in [0.717, 1.165) is 22.7 Å². The summed E-state index contributed by atoms with van der Waals surface area (Å²) >= 11 is 0. The summed E-state index contributed by atoms with van der Waals surface area (Å²) in [6, 6.07) is 11.4. The Morgan fingerprint density at radius 2 is 2.04 bits per heavy atom. The van der Waals surface area contributed by atoms with Gasteiger partial charge in [-0.05, 0) is 42.3 Å². The molecule has 0 bridgehead atoms. The third-order valence-corrected chi connectivity index (χ3v) is 3.74. The van der Waals surface area contributed by atoms with Crippen LogP contribution in [0.4, 0.5) is 5.82 Å². The van der Waals surface area contributed by atoms with Gasteiger partial charge in [-0.1, -0.05) is 12.1 Å². The number of methoxy groups -OCH3 is 1. The van der Waals surface area contributed by atoms with Crippen molar-refractivity contribution in [3.8, 4) is 5.75 Å². The van der Waals surface area contributed by atoms with Gasteiger partial charge in [-0.3, -0.25) is 4.79 Å². The number of rotatable bonds is 8. The maximum absolute atomic E-state index is 12.2. The van der Waals surface area contributed by atoms with Crippen molar-refractivity contribution in [3.63, 3.8) is 0 Å². The smallest absolute Gasteiger partial charge is 0.249 e. The van der Waals surface area contributed by atoms with Gasteiger partial charge in [-0.2, -0.15) is 0 Å². The number of nitrogens with zero attached hydrogens (tertiary/aromatic N) is 2. The van der Waals surface area contributed by atoms with E-state index in [0.29, 0.717) is 13.2 Å². The molecule has 0 saturated heterocycles. The first-order chi connectivity index (χ1) is 12.0. The highest BCUT2D eigenvalue weighted by molar-refractivity contribution is 5.80. The summed E-state index contributed by atoms with van der Waals surface area (Å²) in [7, 11) is 5.48. The van der Waals surface area contributed by atoms with Gasteiger partial charge in [0.25, 0.3) is 0 Å². The molecule has 1 amide bonds. The highest BCUT2D eigenvalue weighted by atomic mass is 16.5. The molecule has 1 aromatic heterocycles. The fourth-order valence-electron chi connectivity index (χ4n) is 2.21. The lowest BCUT2D eigenvalue weighted by Gasteiger charge is -2.15. The molecular formula is C19H25N3O3. The molecule has 0 unspecified atom stereocenters. The van der Waals surface area contributed by atoms with E-state index in [1.807, 2.05) is 55.4 Å². The Labute approximate surface area is 148 Å². The topological polar surface area (TPSA) is 63.7 Å². The van der Waals surface area contributed by atoms with E-state index in [1.54, 1.807) is 20.2 Å². The second-order valence-corrected chi connectivity index (χ2v) is 5.94. The van der Waals surface area contributed by atoms with Gasteiger partial charge in [0, 0.05) is 26.8 Å². The molecule has 0 aliphatic carbocycles. The number of nitrogens with one attached hydrogen (secondary N) is 1. The average Bonchev–Trinajstić information content (AvgIpc) is 2.64. The molecule has 134 valence electrons. The van der Waals surface area contributed by atoms with Crippen LogP contribution in [0.3, 0.4) is 0 Å². The van der Waals surface area contributed by atoms with Crippen LogP contribution < -0.4 is 15.0 Å². The predicted molar refractivity (Wildman–Crippen MR) is 97.7 cm³/mol. The van der Waals surface area contributed by atoms with Crippen molar-refractivity contribution in [2.75, 3.05) is 26.1 Å². The van der Waals surface area contributed by atoms with Gasteiger partial charge in [-0.15, -0.1) is 0 Å². The number of ether oxygens (including phenoxy) is 2. The molecule has 0 radical (unpaired) electrons. The Balaban J connectivity index is 1.82. The monoisotopic (exact) mass is 343 g/mol. The van der Waals surface area contributed by atoms with Gasteiger partial charge < -0.3 is 19.7 Å². The minimum absolute atomic E-state index is 0.147. The van der Waals surface area contributed by atoms with E-state index in [2.05, 4.69) is 10.3 Å². The summed E-state index contributed by atoms with van der Waals surface area (Å²) in [5.74, 6) is 1.48. The molecule has 1 atom stereocenters. The molecule has 1 aromatic carbocycles. The van der Waals surface area contributed by atoms with Gasteiger partial charge in [0.15, 0.2) is 0 Å². The summed E-state index contributed by atoms with van der Waals surface area (Å²) in [6.45, 7) is 2.54. The molecular weight excluding hydrogens is 318 g/mol. The van der Waals surface area contributed by atoms with Crippen LogP contribution in [0.5, 0.6) is 5.75 Å². The highest BCUT2D eigenvalue weighted by Gasteiger charge is 2.13. The quantitative estimate of drug-likeness (QED) is 0.797. The maximum Gasteiger partial charge on any atom is 0.249 e. The van der Waals surface area contributed by atoms with Crippen LogP contribution in [0.1, 0.15) is 18.1 Å². The zero-order chi connectivity index (χ0) is 18.2. The van der Waals surface area contributed by atoms with Crippen molar-refractivity contribution < 1.29 is 14.3 Å². The standard InChI is InChI=1S/C19H25N3O3/c1-14(25-13-16-6-5-7-17(10-16)24-4)19(23)21-12-15-8-9-20-18(11-15)22(2)3/h5-11,14H,12-13H2,1-4H3,(H,21,23)/t14-/m1/s1. The molecule has 0 spiro atoms. The summed E-state index contributed by atoms with van der Waals surface area (Å²) in [5, 5.41) is 2.89. The van der Waals surface area contributed by atoms with Crippen molar-refractivity contribution >= 4 is 11.7 Å². The first-order valence-electron chi connectivity index (χ1n) is 8.14. The number of hydrogen-bond donors (Lipinski definition) is 1. The molecule has 0 aliphatic heterocycles. The van der Waals surface area contributed by atoms with Crippen LogP contribution in [0, 0.1) is 0 Å². The first-order valence-corrected chi connectivity index (χ1v) is 8.14. The van der Waals surface area contributed by atoms with Crippen molar-refractivity contribution in [1.29, 1.82) is 0 Å². The zero-order valence-corrected chi connectivity index (χ0v) is 15.2. The third-order valence-electron chi connectivity index (χ3n) is 3.74. The van der Waals surface area contributed by atoms with Gasteiger partial charge >= 0.3 is 0 Å². The molecule has 2 rings (SSSR count). The number of aromatic nitrogens is 1. The minimum Gasteiger partial charge on any atom is -0.497 e. The predicted octanol–water partition coefficient (Wildman–Crippen LogP) is 2.38. The molecule has 2 aromatic rings. The number of anilines is 1. The lowest BCUT2D eigenvalue weighted by atomic mass is 10.2. The maximum atomic E-state index is 12.2. The second kappa shape index (κ2) is 9.03. The molecule has 1 N–H and O–H groups in total. The Morgan fingerprint density at radius 1 is 1.24 bits per heavy atom. The summed E-state index contributed by atoms with van der Waals surface area (Å²) in [6.07, 6.45) is 1.20. The van der Waals surface area contributed by atoms with Crippen molar-refractivity contribution in [1.82, 2.24) is 10.3 Å². The minimum atomic E-state index is -0.540. The number of hydrogen-bond acceptors (Lipinski definition) is 5. The van der Waals surface area contributed by atoms with E-state index < -0.39 is 6.10 Å². The van der Waals surface area contributed by atoms with Crippen molar-refractivity contribution in [3.05, 3.63) is 53.7 Å². The average molecular weight is 343 g/mol. The lowest BCUT2D eigenvalue weighted by molar-refractivity contribution is -0.132. The number of carbonyl (C=O) groups is 1. The Bertz CT molecular complexity index is 704. The molecule has 6 heteroatoms. The van der Waals surface area contributed by atoms with Crippen molar-refractivity contribution in [2.24, 2.45) is 0 Å². The van der Waals surface area contributed by atoms with Crippen LogP contribution in [0.25, 0.3) is 0 Å². The molecule has 1 heterocycles. The van der Waals surface area contributed by atoms with Crippen LogP contribution in [0.15, 0.2) is 42.6 Å². The number of carbonyl (C=O) groups excluding carboxylic acids is 1. The van der Waals surface area contributed by atoms with Crippen LogP contribution in [-0.4, -0.2) is 38.2 Å². The van der Waals surface area contributed by atoms with E-state index in [-0.39, 0.29) is 5.91 Å². The Morgan fingerprint density at radius 3 is 2.76 bits per heavy atom. The van der Waals surface area contributed by atoms with E-state index in [1.165, 1.54) is 0 Å². The molecule has 25 heavy (non-hydrogen) atoms. The van der Waals surface area contributed by atoms with Crippen LogP contribution in [0.2, 0.25) is 0 Å². The summed E-state index contributed by atoms with van der Waals surface area (Å²) in [4.78, 5) is 18.4. The van der Waals surface area contributed by atoms with E-state index in [9.17, 15) is 4.79 Å². The normalized spacial score (nSPS) is 11.7. The first kappa shape index (κ1) is 18.7. The second-order valence-electron chi connectivity index (χ2n) is 5.94. The van der Waals surface area contributed by atoms with Gasteiger partial charge in [0.2, 0.25) is 5.91 Å². The molecule has 0 fully saturated rings. The van der Waals surface area contributed by atoms with Crippen molar-refractivity contribution in [2.45, 2.75) is 26.2 Å². The Kier molecular flexibility index (Phi) is 6.77.